The summed E-state index contributed by atoms with van der Waals surface area (Å²) in [4.78, 5) is 0. The van der Waals surface area contributed by atoms with Gasteiger partial charge in [0.25, 0.3) is 0 Å². The van der Waals surface area contributed by atoms with Gasteiger partial charge in [-0.15, -0.1) is 0 Å². The molecule has 0 spiro atoms. The van der Waals surface area contributed by atoms with Crippen molar-refractivity contribution < 1.29 is 9.50 Å². The molecule has 1 aromatic carbocycles. The zero-order chi connectivity index (χ0) is 13.0. The average Bonchev–Trinajstić information content (AvgIpc) is 2.35. The predicted molar refractivity (Wildman–Crippen MR) is 72.3 cm³/mol. The lowest BCUT2D eigenvalue weighted by atomic mass is 9.93. The van der Waals surface area contributed by atoms with Crippen LogP contribution in [0.2, 0.25) is 5.02 Å². The third-order valence-electron chi connectivity index (χ3n) is 3.35. The van der Waals surface area contributed by atoms with Crippen LogP contribution in [0.15, 0.2) is 29.8 Å². The number of halogens is 2. The van der Waals surface area contributed by atoms with E-state index in [0.717, 1.165) is 12.8 Å². The molecule has 98 valence electrons. The second-order valence-electron chi connectivity index (χ2n) is 4.91. The van der Waals surface area contributed by atoms with Gasteiger partial charge in [-0.05, 0) is 55.9 Å². The van der Waals surface area contributed by atoms with Gasteiger partial charge in [-0.25, -0.2) is 4.39 Å². The minimum Gasteiger partial charge on any atom is -0.392 e. The fourth-order valence-electron chi connectivity index (χ4n) is 2.42. The van der Waals surface area contributed by atoms with Crippen molar-refractivity contribution in [1.29, 1.82) is 0 Å². The fourth-order valence-corrected chi connectivity index (χ4v) is 2.61. The van der Waals surface area contributed by atoms with Crippen LogP contribution in [0.3, 0.4) is 0 Å². The van der Waals surface area contributed by atoms with Crippen LogP contribution in [0.5, 0.6) is 0 Å². The summed E-state index contributed by atoms with van der Waals surface area (Å²) in [6, 6.07) is 4.28. The van der Waals surface area contributed by atoms with Gasteiger partial charge in [-0.2, -0.15) is 0 Å². The van der Waals surface area contributed by atoms with Gasteiger partial charge in [0.15, 0.2) is 0 Å². The number of benzene rings is 1. The van der Waals surface area contributed by atoms with E-state index in [9.17, 15) is 9.50 Å². The summed E-state index contributed by atoms with van der Waals surface area (Å²) in [7, 11) is 0. The van der Waals surface area contributed by atoms with Crippen molar-refractivity contribution in [2.75, 3.05) is 0 Å². The number of allylic oxidation sites excluding steroid dienone is 1. The van der Waals surface area contributed by atoms with Crippen molar-refractivity contribution in [2.45, 2.75) is 44.6 Å². The zero-order valence-electron chi connectivity index (χ0n) is 10.3. The lowest BCUT2D eigenvalue weighted by Crippen LogP contribution is -2.13. The van der Waals surface area contributed by atoms with Gasteiger partial charge in [-0.1, -0.05) is 23.3 Å². The Kier molecular flexibility index (Phi) is 4.79. The Morgan fingerprint density at radius 2 is 2.11 bits per heavy atom. The summed E-state index contributed by atoms with van der Waals surface area (Å²) in [6.07, 6.45) is 7.47. The first-order chi connectivity index (χ1) is 8.65. The minimum atomic E-state index is -0.478. The van der Waals surface area contributed by atoms with E-state index >= 15 is 0 Å². The maximum Gasteiger partial charge on any atom is 0.123 e. The van der Waals surface area contributed by atoms with Crippen LogP contribution >= 0.6 is 11.6 Å². The molecule has 0 aliphatic heterocycles. The molecule has 3 heteroatoms. The molecule has 1 atom stereocenters. The molecule has 1 aromatic rings. The second kappa shape index (κ2) is 6.35. The molecule has 18 heavy (non-hydrogen) atoms. The minimum absolute atomic E-state index is 0.307. The number of aliphatic hydroxyl groups is 1. The van der Waals surface area contributed by atoms with Gasteiger partial charge in [0.2, 0.25) is 0 Å². The maximum atomic E-state index is 13.1. The van der Waals surface area contributed by atoms with Crippen LogP contribution in [-0.2, 0) is 6.42 Å². The van der Waals surface area contributed by atoms with E-state index in [1.807, 2.05) is 0 Å². The van der Waals surface area contributed by atoms with Crippen molar-refractivity contribution in [2.24, 2.45) is 0 Å². The van der Waals surface area contributed by atoms with E-state index in [1.165, 1.54) is 30.5 Å². The van der Waals surface area contributed by atoms with Gasteiger partial charge >= 0.3 is 0 Å². The second-order valence-corrected chi connectivity index (χ2v) is 5.31. The fraction of sp³-hybridized carbons (Fsp3) is 0.467. The van der Waals surface area contributed by atoms with E-state index in [4.69, 9.17) is 11.6 Å². The number of rotatable bonds is 4. The molecule has 0 saturated heterocycles. The first-order valence-corrected chi connectivity index (χ1v) is 6.83. The molecule has 0 heterocycles. The molecule has 1 aliphatic carbocycles. The molecule has 0 fully saturated rings. The van der Waals surface area contributed by atoms with E-state index in [1.54, 1.807) is 6.07 Å². The Labute approximate surface area is 112 Å². The van der Waals surface area contributed by atoms with Crippen molar-refractivity contribution >= 4 is 11.6 Å². The third-order valence-corrected chi connectivity index (χ3v) is 3.71. The van der Waals surface area contributed by atoms with Crippen LogP contribution in [0.1, 0.15) is 37.7 Å². The first kappa shape index (κ1) is 13.6. The summed E-state index contributed by atoms with van der Waals surface area (Å²) in [5.74, 6) is -0.307. The van der Waals surface area contributed by atoms with E-state index in [2.05, 4.69) is 6.08 Å². The molecule has 0 radical (unpaired) electrons. The molecule has 1 nitrogen and oxygen atoms in total. The monoisotopic (exact) mass is 268 g/mol. The van der Waals surface area contributed by atoms with Crippen molar-refractivity contribution in [3.05, 3.63) is 46.3 Å². The highest BCUT2D eigenvalue weighted by Crippen LogP contribution is 2.24. The quantitative estimate of drug-likeness (QED) is 0.809. The van der Waals surface area contributed by atoms with Crippen molar-refractivity contribution in [3.63, 3.8) is 0 Å². The molecular weight excluding hydrogens is 251 g/mol. The molecule has 0 saturated carbocycles. The Morgan fingerprint density at radius 1 is 1.28 bits per heavy atom. The summed E-state index contributed by atoms with van der Waals surface area (Å²) >= 11 is 5.99. The summed E-state index contributed by atoms with van der Waals surface area (Å²) in [5.41, 5.74) is 2.00. The van der Waals surface area contributed by atoms with E-state index in [-0.39, 0.29) is 5.82 Å². The summed E-state index contributed by atoms with van der Waals surface area (Å²) in [6.45, 7) is 0. The van der Waals surface area contributed by atoms with Crippen molar-refractivity contribution in [1.82, 2.24) is 0 Å². The lowest BCUT2D eigenvalue weighted by Gasteiger charge is -2.17. The standard InChI is InChI=1S/C15H18ClFO/c16-15-7-6-13(17)9-12(15)10-14(18)8-11-4-2-1-3-5-11/h4,6-7,9,14,18H,1-3,5,8,10H2. The highest BCUT2D eigenvalue weighted by atomic mass is 35.5. The molecule has 0 amide bonds. The molecule has 1 unspecified atom stereocenters. The average molecular weight is 269 g/mol. The Balaban J connectivity index is 1.96. The van der Waals surface area contributed by atoms with Gasteiger partial charge in [0.05, 0.1) is 6.10 Å². The number of aliphatic hydroxyl groups excluding tert-OH is 1. The van der Waals surface area contributed by atoms with Crippen molar-refractivity contribution in [3.8, 4) is 0 Å². The molecule has 0 aromatic heterocycles. The normalized spacial score (nSPS) is 17.4. The summed E-state index contributed by atoms with van der Waals surface area (Å²) in [5, 5.41) is 10.6. The van der Waals surface area contributed by atoms with Crippen LogP contribution in [0.25, 0.3) is 0 Å². The smallest absolute Gasteiger partial charge is 0.123 e. The Morgan fingerprint density at radius 3 is 2.83 bits per heavy atom. The topological polar surface area (TPSA) is 20.2 Å². The van der Waals surface area contributed by atoms with E-state index in [0.29, 0.717) is 23.4 Å². The van der Waals surface area contributed by atoms with Crippen LogP contribution < -0.4 is 0 Å². The maximum absolute atomic E-state index is 13.1. The SMILES string of the molecule is OC(CC1=CCCCC1)Cc1cc(F)ccc1Cl. The molecular formula is C15H18ClFO. The zero-order valence-corrected chi connectivity index (χ0v) is 11.1. The predicted octanol–water partition coefficient (Wildman–Crippen LogP) is 4.27. The number of hydrogen-bond acceptors (Lipinski definition) is 1. The van der Waals surface area contributed by atoms with Crippen LogP contribution in [0.4, 0.5) is 4.39 Å². The highest BCUT2D eigenvalue weighted by Gasteiger charge is 2.13. The number of hydrogen-bond donors (Lipinski definition) is 1. The third kappa shape index (κ3) is 3.82. The Bertz CT molecular complexity index is 442. The lowest BCUT2D eigenvalue weighted by molar-refractivity contribution is 0.173. The van der Waals surface area contributed by atoms with Gasteiger partial charge in [0.1, 0.15) is 5.82 Å². The Hall–Kier alpha value is -0.860. The first-order valence-electron chi connectivity index (χ1n) is 6.45. The summed E-state index contributed by atoms with van der Waals surface area (Å²) < 4.78 is 13.1. The highest BCUT2D eigenvalue weighted by molar-refractivity contribution is 6.31. The van der Waals surface area contributed by atoms with Gasteiger partial charge < -0.3 is 5.11 Å². The van der Waals surface area contributed by atoms with Crippen LogP contribution in [-0.4, -0.2) is 11.2 Å². The van der Waals surface area contributed by atoms with Crippen LogP contribution in [0, 0.1) is 5.82 Å². The molecule has 1 N–H and O–H groups in total. The van der Waals surface area contributed by atoms with Gasteiger partial charge in [0, 0.05) is 11.4 Å². The molecule has 1 aliphatic rings. The van der Waals surface area contributed by atoms with E-state index < -0.39 is 6.10 Å². The van der Waals surface area contributed by atoms with Gasteiger partial charge in [-0.3, -0.25) is 0 Å². The molecule has 2 rings (SSSR count). The largest absolute Gasteiger partial charge is 0.392 e. The molecule has 0 bridgehead atoms.